The molecule has 1 N–H and O–H groups in total. The summed E-state index contributed by atoms with van der Waals surface area (Å²) in [7, 11) is 1.54. The number of hydrogen-bond donors (Lipinski definition) is 1. The van der Waals surface area contributed by atoms with E-state index in [2.05, 4.69) is 9.71 Å². The summed E-state index contributed by atoms with van der Waals surface area (Å²) in [6.45, 7) is 4.00. The van der Waals surface area contributed by atoms with E-state index in [1.165, 1.54) is 19.4 Å². The molecule has 0 radical (unpaired) electrons. The molecular weight excluding hydrogens is 397 g/mol. The number of benzene rings is 2. The van der Waals surface area contributed by atoms with Crippen molar-refractivity contribution < 1.29 is 9.13 Å². The molecule has 28 heavy (non-hydrogen) atoms. The average Bonchev–Trinajstić information content (AvgIpc) is 2.75. The summed E-state index contributed by atoms with van der Waals surface area (Å²) in [5.74, 6) is 0.270. The number of methoxy groups -OCH3 is 1. The van der Waals surface area contributed by atoms with Gasteiger partial charge in [-0.25, -0.2) is 4.39 Å². The third-order valence-corrected chi connectivity index (χ3v) is 4.76. The molecule has 0 amide bonds. The van der Waals surface area contributed by atoms with Crippen molar-refractivity contribution in [3.05, 3.63) is 71.1 Å². The van der Waals surface area contributed by atoms with Crippen LogP contribution in [0.3, 0.4) is 0 Å². The summed E-state index contributed by atoms with van der Waals surface area (Å²) in [4.78, 5) is 4.68. The molecule has 7 heteroatoms. The Bertz CT molecular complexity index is 974. The van der Waals surface area contributed by atoms with Crippen LogP contribution in [0, 0.1) is 17.1 Å². The third-order valence-electron chi connectivity index (χ3n) is 3.57. The van der Waals surface area contributed by atoms with Crippen LogP contribution in [-0.2, 0) is 0 Å². The number of hydrogen-bond acceptors (Lipinski definition) is 5. The Morgan fingerprint density at radius 2 is 1.86 bits per heavy atom. The van der Waals surface area contributed by atoms with Gasteiger partial charge in [-0.3, -0.25) is 4.98 Å². The number of rotatable bonds is 5. The molecule has 0 fully saturated rings. The van der Waals surface area contributed by atoms with Gasteiger partial charge in [-0.05, 0) is 48.3 Å². The molecule has 0 saturated heterocycles. The first kappa shape index (κ1) is 21.5. The van der Waals surface area contributed by atoms with Crippen molar-refractivity contribution in [1.29, 1.82) is 5.26 Å². The van der Waals surface area contributed by atoms with E-state index in [-0.39, 0.29) is 5.82 Å². The number of pyridine rings is 1. The summed E-state index contributed by atoms with van der Waals surface area (Å²) < 4.78 is 22.0. The van der Waals surface area contributed by atoms with Crippen LogP contribution in [-0.4, -0.2) is 12.1 Å². The number of ether oxygens (including phenoxy) is 1. The number of aromatic nitrogens is 1. The molecule has 2 aromatic carbocycles. The fourth-order valence-corrected chi connectivity index (χ4v) is 3.08. The van der Waals surface area contributed by atoms with Crippen molar-refractivity contribution in [2.24, 2.45) is 0 Å². The van der Waals surface area contributed by atoms with Crippen molar-refractivity contribution in [1.82, 2.24) is 4.98 Å². The lowest BCUT2D eigenvalue weighted by atomic mass is 10.1. The van der Waals surface area contributed by atoms with Gasteiger partial charge in [-0.1, -0.05) is 37.6 Å². The van der Waals surface area contributed by atoms with E-state index in [4.69, 9.17) is 21.6 Å². The second kappa shape index (κ2) is 10.5. The minimum Gasteiger partial charge on any atom is -0.497 e. The molecule has 0 aliphatic heterocycles. The molecule has 0 bridgehead atoms. The number of anilines is 1. The molecule has 1 aromatic heterocycles. The van der Waals surface area contributed by atoms with Crippen molar-refractivity contribution in [3.8, 4) is 23.1 Å². The average molecular weight is 416 g/mol. The fraction of sp³-hybridized carbons (Fsp3) is 0.143. The maximum atomic E-state index is 13.8. The minimum absolute atomic E-state index is 0.323. The summed E-state index contributed by atoms with van der Waals surface area (Å²) in [5.41, 5.74) is 2.68. The topological polar surface area (TPSA) is 57.9 Å². The summed E-state index contributed by atoms with van der Waals surface area (Å²) in [6.07, 6.45) is 1.45. The van der Waals surface area contributed by atoms with Crippen molar-refractivity contribution >= 4 is 29.2 Å². The van der Waals surface area contributed by atoms with Gasteiger partial charge < -0.3 is 9.46 Å². The minimum atomic E-state index is -0.323. The normalized spacial score (nSPS) is 9.71. The van der Waals surface area contributed by atoms with Crippen LogP contribution in [0.25, 0.3) is 11.3 Å². The van der Waals surface area contributed by atoms with E-state index in [0.717, 1.165) is 23.2 Å². The number of nitrogens with one attached hydrogen (secondary N) is 1. The van der Waals surface area contributed by atoms with E-state index in [9.17, 15) is 4.39 Å². The zero-order valence-electron chi connectivity index (χ0n) is 15.7. The van der Waals surface area contributed by atoms with Gasteiger partial charge in [0.25, 0.3) is 0 Å². The smallest absolute Gasteiger partial charge is 0.138 e. The van der Waals surface area contributed by atoms with E-state index >= 15 is 0 Å². The molecule has 0 saturated carbocycles. The number of nitriles is 1. The van der Waals surface area contributed by atoms with Gasteiger partial charge in [-0.15, -0.1) is 0 Å². The summed E-state index contributed by atoms with van der Waals surface area (Å²) in [5, 5.41) is 9.27. The highest BCUT2D eigenvalue weighted by molar-refractivity contribution is 8.00. The van der Waals surface area contributed by atoms with Crippen molar-refractivity contribution in [2.45, 2.75) is 18.7 Å². The first-order valence-corrected chi connectivity index (χ1v) is 9.72. The van der Waals surface area contributed by atoms with Gasteiger partial charge in [0.05, 0.1) is 28.3 Å². The third kappa shape index (κ3) is 5.38. The lowest BCUT2D eigenvalue weighted by Crippen LogP contribution is -1.91. The Kier molecular flexibility index (Phi) is 8.12. The second-order valence-corrected chi connectivity index (χ2v) is 6.49. The maximum Gasteiger partial charge on any atom is 0.138 e. The van der Waals surface area contributed by atoms with Gasteiger partial charge in [0.15, 0.2) is 0 Å². The van der Waals surface area contributed by atoms with Crippen LogP contribution in [0.1, 0.15) is 19.4 Å². The zero-order valence-corrected chi connectivity index (χ0v) is 17.2. The first-order chi connectivity index (χ1) is 13.6. The van der Waals surface area contributed by atoms with Crippen LogP contribution in [0.15, 0.2) is 59.6 Å². The SMILES string of the molecule is CC.COc1ccc(F)c(SNc2ccc(-c3cc(Cl)c(C#N)cn3)cc2)c1. The van der Waals surface area contributed by atoms with Gasteiger partial charge in [0.1, 0.15) is 17.6 Å². The molecule has 144 valence electrons. The largest absolute Gasteiger partial charge is 0.497 e. The van der Waals surface area contributed by atoms with Crippen LogP contribution >= 0.6 is 23.5 Å². The van der Waals surface area contributed by atoms with Gasteiger partial charge in [0, 0.05) is 17.4 Å². The molecule has 3 aromatic rings. The summed E-state index contributed by atoms with van der Waals surface area (Å²) in [6, 6.07) is 15.7. The highest BCUT2D eigenvalue weighted by atomic mass is 35.5. The van der Waals surface area contributed by atoms with E-state index < -0.39 is 0 Å². The maximum absolute atomic E-state index is 13.8. The van der Waals surface area contributed by atoms with E-state index in [1.807, 2.05) is 44.2 Å². The Morgan fingerprint density at radius 3 is 2.46 bits per heavy atom. The highest BCUT2D eigenvalue weighted by Crippen LogP contribution is 2.29. The van der Waals surface area contributed by atoms with Gasteiger partial charge >= 0.3 is 0 Å². The van der Waals surface area contributed by atoms with Crippen LogP contribution < -0.4 is 9.46 Å². The molecule has 0 aliphatic carbocycles. The van der Waals surface area contributed by atoms with Crippen LogP contribution in [0.2, 0.25) is 5.02 Å². The number of halogens is 2. The quantitative estimate of drug-likeness (QED) is 0.477. The lowest BCUT2D eigenvalue weighted by Gasteiger charge is -2.09. The van der Waals surface area contributed by atoms with E-state index in [0.29, 0.717) is 26.9 Å². The summed E-state index contributed by atoms with van der Waals surface area (Å²) >= 11 is 7.20. The molecule has 0 aliphatic rings. The predicted octanol–water partition coefficient (Wildman–Crippen LogP) is 6.57. The highest BCUT2D eigenvalue weighted by Gasteiger charge is 2.07. The zero-order chi connectivity index (χ0) is 20.5. The Labute approximate surface area is 173 Å². The molecule has 0 unspecified atom stereocenters. The fourth-order valence-electron chi connectivity index (χ4n) is 2.18. The number of nitrogens with zero attached hydrogens (tertiary/aromatic N) is 2. The molecular formula is C21H19ClFN3OS. The van der Waals surface area contributed by atoms with Crippen LogP contribution in [0.4, 0.5) is 10.1 Å². The van der Waals surface area contributed by atoms with Crippen molar-refractivity contribution in [2.75, 3.05) is 11.8 Å². The van der Waals surface area contributed by atoms with Crippen LogP contribution in [0.5, 0.6) is 5.75 Å². The molecule has 4 nitrogen and oxygen atoms in total. The second-order valence-electron chi connectivity index (χ2n) is 5.24. The molecule has 0 spiro atoms. The van der Waals surface area contributed by atoms with Gasteiger partial charge in [0.2, 0.25) is 0 Å². The Hall–Kier alpha value is -2.75. The standard InChI is InChI=1S/C19H13ClFN3OS.C2H6/c1-25-15-6-7-17(21)19(8-15)26-24-14-4-2-12(3-5-14)18-9-16(20)13(10-22)11-23-18;1-2/h2-9,11,24H,1H3;1-2H3. The first-order valence-electron chi connectivity index (χ1n) is 8.53. The molecule has 3 rings (SSSR count). The Morgan fingerprint density at radius 1 is 1.14 bits per heavy atom. The van der Waals surface area contributed by atoms with E-state index in [1.54, 1.807) is 18.2 Å². The lowest BCUT2D eigenvalue weighted by molar-refractivity contribution is 0.411. The van der Waals surface area contributed by atoms with Gasteiger partial charge in [-0.2, -0.15) is 5.26 Å². The Balaban J connectivity index is 0.00000136. The van der Waals surface area contributed by atoms with Crippen molar-refractivity contribution in [3.63, 3.8) is 0 Å². The predicted molar refractivity (Wildman–Crippen MR) is 113 cm³/mol. The monoisotopic (exact) mass is 415 g/mol. The molecule has 0 atom stereocenters. The molecule has 1 heterocycles.